The average Bonchev–Trinajstić information content (AvgIpc) is 2.15. The third-order valence-electron chi connectivity index (χ3n) is 1.37. The number of aromatic nitrogens is 2. The van der Waals surface area contributed by atoms with E-state index in [1.807, 2.05) is 19.0 Å². The number of nitriles is 1. The van der Waals surface area contributed by atoms with Crippen molar-refractivity contribution in [1.82, 2.24) is 9.97 Å². The summed E-state index contributed by atoms with van der Waals surface area (Å²) in [7, 11) is 3.83. The Bertz CT molecular complexity index is 318. The van der Waals surface area contributed by atoms with Gasteiger partial charge in [-0.25, -0.2) is 9.97 Å². The topological polar surface area (TPSA) is 52.8 Å². The molecule has 13 heavy (non-hydrogen) atoms. The van der Waals surface area contributed by atoms with Gasteiger partial charge >= 0.3 is 0 Å². The van der Waals surface area contributed by atoms with Crippen molar-refractivity contribution in [3.05, 3.63) is 12.5 Å². The Hall–Kier alpha value is -1.28. The van der Waals surface area contributed by atoms with Crippen molar-refractivity contribution in [3.63, 3.8) is 0 Å². The first-order chi connectivity index (χ1) is 6.25. The summed E-state index contributed by atoms with van der Waals surface area (Å²) in [5.74, 6) is 1.28. The van der Waals surface area contributed by atoms with E-state index in [0.717, 1.165) is 10.7 Å². The molecule has 68 valence electrons. The zero-order chi connectivity index (χ0) is 9.68. The van der Waals surface area contributed by atoms with Gasteiger partial charge < -0.3 is 4.90 Å². The second-order valence-corrected chi connectivity index (χ2v) is 3.57. The first-order valence-electron chi connectivity index (χ1n) is 3.72. The van der Waals surface area contributed by atoms with Gasteiger partial charge in [-0.2, -0.15) is 5.26 Å². The summed E-state index contributed by atoms with van der Waals surface area (Å²) in [6.45, 7) is 0. The van der Waals surface area contributed by atoms with Crippen LogP contribution in [0.2, 0.25) is 0 Å². The maximum atomic E-state index is 8.43. The van der Waals surface area contributed by atoms with E-state index in [0.29, 0.717) is 5.75 Å². The van der Waals surface area contributed by atoms with Crippen LogP contribution in [-0.4, -0.2) is 29.8 Å². The van der Waals surface area contributed by atoms with Gasteiger partial charge in [-0.1, -0.05) is 0 Å². The Balaban J connectivity index is 2.86. The lowest BCUT2D eigenvalue weighted by Crippen LogP contribution is -2.11. The van der Waals surface area contributed by atoms with Crippen LogP contribution in [0.4, 0.5) is 5.82 Å². The highest BCUT2D eigenvalue weighted by Gasteiger charge is 2.05. The molecule has 0 aliphatic carbocycles. The van der Waals surface area contributed by atoms with Crippen LogP contribution in [0.3, 0.4) is 0 Å². The summed E-state index contributed by atoms with van der Waals surface area (Å²) in [4.78, 5) is 10.9. The predicted octanol–water partition coefficient (Wildman–Crippen LogP) is 1.16. The van der Waals surface area contributed by atoms with Gasteiger partial charge in [0.2, 0.25) is 0 Å². The normalized spacial score (nSPS) is 9.31. The van der Waals surface area contributed by atoms with Crippen LogP contribution in [0.25, 0.3) is 0 Å². The molecule has 5 heteroatoms. The standard InChI is InChI=1S/C8H10N4S/c1-12(2)8-7(13-4-3-9)5-10-6-11-8/h5-6H,4H2,1-2H3. The number of hydrogen-bond donors (Lipinski definition) is 0. The maximum Gasteiger partial charge on any atom is 0.145 e. The third-order valence-corrected chi connectivity index (χ3v) is 2.25. The van der Waals surface area contributed by atoms with E-state index in [9.17, 15) is 0 Å². The molecule has 0 radical (unpaired) electrons. The molecule has 1 heterocycles. The molecule has 0 atom stereocenters. The minimum Gasteiger partial charge on any atom is -0.362 e. The highest BCUT2D eigenvalue weighted by molar-refractivity contribution is 7.99. The quantitative estimate of drug-likeness (QED) is 0.676. The SMILES string of the molecule is CN(C)c1ncncc1SCC#N. The third kappa shape index (κ3) is 2.60. The Labute approximate surface area is 81.6 Å². The molecule has 0 aliphatic rings. The molecule has 0 amide bonds. The summed E-state index contributed by atoms with van der Waals surface area (Å²) in [6, 6.07) is 2.07. The van der Waals surface area contributed by atoms with Crippen molar-refractivity contribution in [1.29, 1.82) is 5.26 Å². The van der Waals surface area contributed by atoms with Crippen molar-refractivity contribution >= 4 is 17.6 Å². The van der Waals surface area contributed by atoms with Crippen LogP contribution < -0.4 is 4.90 Å². The first kappa shape index (κ1) is 9.81. The van der Waals surface area contributed by atoms with Crippen molar-refractivity contribution < 1.29 is 0 Å². The fourth-order valence-corrected chi connectivity index (χ4v) is 1.58. The van der Waals surface area contributed by atoms with Crippen molar-refractivity contribution in [2.45, 2.75) is 4.90 Å². The second-order valence-electron chi connectivity index (χ2n) is 2.55. The monoisotopic (exact) mass is 194 g/mol. The van der Waals surface area contributed by atoms with Gasteiger partial charge in [-0.15, -0.1) is 11.8 Å². The first-order valence-corrected chi connectivity index (χ1v) is 4.71. The van der Waals surface area contributed by atoms with Crippen molar-refractivity contribution in [2.75, 3.05) is 24.7 Å². The number of hydrogen-bond acceptors (Lipinski definition) is 5. The number of anilines is 1. The maximum absolute atomic E-state index is 8.43. The van der Waals surface area contributed by atoms with Crippen molar-refractivity contribution in [3.8, 4) is 6.07 Å². The molecule has 0 bridgehead atoms. The Morgan fingerprint density at radius 2 is 2.38 bits per heavy atom. The van der Waals surface area contributed by atoms with Crippen LogP contribution in [0.1, 0.15) is 0 Å². The summed E-state index contributed by atoms with van der Waals surface area (Å²) < 4.78 is 0. The molecular weight excluding hydrogens is 184 g/mol. The van der Waals surface area contributed by atoms with Gasteiger partial charge in [0.05, 0.1) is 16.7 Å². The predicted molar refractivity (Wildman–Crippen MR) is 52.7 cm³/mol. The molecule has 0 aliphatic heterocycles. The molecule has 0 saturated heterocycles. The van der Waals surface area contributed by atoms with Crippen LogP contribution in [0.5, 0.6) is 0 Å². The summed E-state index contributed by atoms with van der Waals surface area (Å²) in [5, 5.41) is 8.43. The van der Waals surface area contributed by atoms with Gasteiger partial charge in [0, 0.05) is 20.3 Å². The fourth-order valence-electron chi connectivity index (χ4n) is 0.858. The van der Waals surface area contributed by atoms with E-state index in [1.165, 1.54) is 18.1 Å². The van der Waals surface area contributed by atoms with Crippen LogP contribution in [0.15, 0.2) is 17.4 Å². The van der Waals surface area contributed by atoms with Crippen LogP contribution in [-0.2, 0) is 0 Å². The lowest BCUT2D eigenvalue weighted by Gasteiger charge is -2.13. The van der Waals surface area contributed by atoms with Gasteiger partial charge in [0.1, 0.15) is 12.1 Å². The zero-order valence-corrected chi connectivity index (χ0v) is 8.38. The van der Waals surface area contributed by atoms with Crippen LogP contribution >= 0.6 is 11.8 Å². The molecule has 1 aromatic heterocycles. The molecule has 0 aromatic carbocycles. The van der Waals surface area contributed by atoms with Gasteiger partial charge in [0.15, 0.2) is 0 Å². The van der Waals surface area contributed by atoms with Gasteiger partial charge in [-0.3, -0.25) is 0 Å². The zero-order valence-electron chi connectivity index (χ0n) is 7.56. The number of rotatable bonds is 3. The second kappa shape index (κ2) is 4.67. The highest BCUT2D eigenvalue weighted by atomic mass is 32.2. The van der Waals surface area contributed by atoms with E-state index in [2.05, 4.69) is 16.0 Å². The molecule has 0 fully saturated rings. The lowest BCUT2D eigenvalue weighted by molar-refractivity contribution is 0.991. The minimum absolute atomic E-state index is 0.425. The smallest absolute Gasteiger partial charge is 0.145 e. The molecule has 0 unspecified atom stereocenters. The minimum atomic E-state index is 0.425. The molecule has 1 aromatic rings. The summed E-state index contributed by atoms with van der Waals surface area (Å²) in [5.41, 5.74) is 0. The van der Waals surface area contributed by atoms with E-state index in [1.54, 1.807) is 6.20 Å². The molecule has 4 nitrogen and oxygen atoms in total. The van der Waals surface area contributed by atoms with E-state index in [4.69, 9.17) is 5.26 Å². The molecule has 0 N–H and O–H groups in total. The largest absolute Gasteiger partial charge is 0.362 e. The summed E-state index contributed by atoms with van der Waals surface area (Å²) in [6.07, 6.45) is 3.23. The Morgan fingerprint density at radius 1 is 1.62 bits per heavy atom. The van der Waals surface area contributed by atoms with Gasteiger partial charge in [-0.05, 0) is 0 Å². The molecule has 1 rings (SSSR count). The van der Waals surface area contributed by atoms with E-state index in [-0.39, 0.29) is 0 Å². The average molecular weight is 194 g/mol. The van der Waals surface area contributed by atoms with Crippen LogP contribution in [0, 0.1) is 11.3 Å². The van der Waals surface area contributed by atoms with Crippen molar-refractivity contribution in [2.24, 2.45) is 0 Å². The Kier molecular flexibility index (Phi) is 3.53. The number of nitrogens with zero attached hydrogens (tertiary/aromatic N) is 4. The molecule has 0 spiro atoms. The molecule has 0 saturated carbocycles. The number of thioether (sulfide) groups is 1. The van der Waals surface area contributed by atoms with E-state index >= 15 is 0 Å². The van der Waals surface area contributed by atoms with E-state index < -0.39 is 0 Å². The summed E-state index contributed by atoms with van der Waals surface area (Å²) >= 11 is 1.45. The fraction of sp³-hybridized carbons (Fsp3) is 0.375. The molecular formula is C8H10N4S. The highest BCUT2D eigenvalue weighted by Crippen LogP contribution is 2.24. The Morgan fingerprint density at radius 3 is 3.00 bits per heavy atom. The van der Waals surface area contributed by atoms with Gasteiger partial charge in [0.25, 0.3) is 0 Å². The lowest BCUT2D eigenvalue weighted by atomic mass is 10.5.